The highest BCUT2D eigenvalue weighted by molar-refractivity contribution is 5.36. The number of pyridine rings is 2. The Bertz CT molecular complexity index is 677. The Kier molecular flexibility index (Phi) is 3.07. The summed E-state index contributed by atoms with van der Waals surface area (Å²) in [5.41, 5.74) is 1.70. The average Bonchev–Trinajstić information content (AvgIpc) is 2.85. The average molecular weight is 255 g/mol. The third kappa shape index (κ3) is 2.53. The minimum atomic E-state index is 0.173. The van der Waals surface area contributed by atoms with E-state index in [0.717, 1.165) is 17.2 Å². The van der Waals surface area contributed by atoms with Gasteiger partial charge < -0.3 is 10.4 Å². The van der Waals surface area contributed by atoms with E-state index >= 15 is 0 Å². The summed E-state index contributed by atoms with van der Waals surface area (Å²) in [5, 5.41) is 20.6. The Morgan fingerprint density at radius 2 is 2.05 bits per heavy atom. The van der Waals surface area contributed by atoms with Gasteiger partial charge in [0.25, 0.3) is 0 Å². The summed E-state index contributed by atoms with van der Waals surface area (Å²) >= 11 is 0. The number of fused-ring (bicyclic) bond motifs is 1. The van der Waals surface area contributed by atoms with Gasteiger partial charge in [0, 0.05) is 12.7 Å². The van der Waals surface area contributed by atoms with Crippen LogP contribution < -0.4 is 5.32 Å². The van der Waals surface area contributed by atoms with Crippen molar-refractivity contribution < 1.29 is 5.11 Å². The molecule has 3 rings (SSSR count). The van der Waals surface area contributed by atoms with E-state index < -0.39 is 0 Å². The number of hydrogen-bond donors (Lipinski definition) is 2. The molecular formula is C13H13N5O. The van der Waals surface area contributed by atoms with Crippen LogP contribution in [0.2, 0.25) is 0 Å². The lowest BCUT2D eigenvalue weighted by Gasteiger charge is -2.03. The second kappa shape index (κ2) is 5.03. The van der Waals surface area contributed by atoms with Gasteiger partial charge in [-0.05, 0) is 24.3 Å². The molecule has 0 aliphatic rings. The Morgan fingerprint density at radius 1 is 1.11 bits per heavy atom. The lowest BCUT2D eigenvalue weighted by atomic mass is 10.3. The van der Waals surface area contributed by atoms with Crippen LogP contribution in [0.15, 0.2) is 42.7 Å². The highest BCUT2D eigenvalue weighted by Crippen LogP contribution is 2.06. The van der Waals surface area contributed by atoms with E-state index in [0.29, 0.717) is 13.1 Å². The zero-order chi connectivity index (χ0) is 13.1. The molecule has 3 aromatic heterocycles. The van der Waals surface area contributed by atoms with Crippen LogP contribution in [0.25, 0.3) is 5.65 Å². The summed E-state index contributed by atoms with van der Waals surface area (Å²) in [7, 11) is 0. The van der Waals surface area contributed by atoms with E-state index in [1.165, 1.54) is 6.20 Å². The molecule has 0 amide bonds. The van der Waals surface area contributed by atoms with Gasteiger partial charge in [-0.25, -0.2) is 0 Å². The number of nitrogens with zero attached hydrogens (tertiary/aromatic N) is 4. The maximum absolute atomic E-state index is 9.15. The van der Waals surface area contributed by atoms with Gasteiger partial charge in [0.05, 0.1) is 18.4 Å². The van der Waals surface area contributed by atoms with Crippen LogP contribution in [0.5, 0.6) is 5.75 Å². The summed E-state index contributed by atoms with van der Waals surface area (Å²) in [6, 6.07) is 9.20. The van der Waals surface area contributed by atoms with Crippen LogP contribution in [0.3, 0.4) is 0 Å². The first-order chi connectivity index (χ1) is 9.33. The van der Waals surface area contributed by atoms with Gasteiger partial charge in [0.15, 0.2) is 11.5 Å². The largest absolute Gasteiger partial charge is 0.506 e. The lowest BCUT2D eigenvalue weighted by molar-refractivity contribution is 0.471. The van der Waals surface area contributed by atoms with Crippen LogP contribution in [0.1, 0.15) is 11.5 Å². The van der Waals surface area contributed by atoms with Crippen molar-refractivity contribution in [2.45, 2.75) is 13.1 Å². The highest BCUT2D eigenvalue weighted by atomic mass is 16.3. The van der Waals surface area contributed by atoms with Gasteiger partial charge in [0.2, 0.25) is 0 Å². The molecule has 0 spiro atoms. The van der Waals surface area contributed by atoms with E-state index in [1.807, 2.05) is 28.8 Å². The van der Waals surface area contributed by atoms with Crippen molar-refractivity contribution in [2.75, 3.05) is 0 Å². The smallest absolute Gasteiger partial charge is 0.160 e. The summed E-state index contributed by atoms with van der Waals surface area (Å²) in [4.78, 5) is 4.10. The molecule has 0 aromatic carbocycles. The topological polar surface area (TPSA) is 75.3 Å². The standard InChI is InChI=1S/C13H13N5O/c19-11-5-4-10(15-8-11)7-14-9-13-17-16-12-3-1-2-6-18(12)13/h1-6,8,14,19H,7,9H2. The Labute approximate surface area is 109 Å². The van der Waals surface area contributed by atoms with E-state index in [9.17, 15) is 0 Å². The van der Waals surface area contributed by atoms with Gasteiger partial charge in [-0.1, -0.05) is 6.07 Å². The molecule has 0 aliphatic carbocycles. The quantitative estimate of drug-likeness (QED) is 0.730. The maximum atomic E-state index is 9.15. The van der Waals surface area contributed by atoms with Crippen LogP contribution in [0.4, 0.5) is 0 Å². The lowest BCUT2D eigenvalue weighted by Crippen LogP contribution is -2.15. The van der Waals surface area contributed by atoms with E-state index in [4.69, 9.17) is 5.11 Å². The number of hydrogen-bond acceptors (Lipinski definition) is 5. The van der Waals surface area contributed by atoms with E-state index in [2.05, 4.69) is 20.5 Å². The van der Waals surface area contributed by atoms with Crippen molar-refractivity contribution in [1.82, 2.24) is 24.9 Å². The Balaban J connectivity index is 1.65. The molecule has 0 atom stereocenters. The van der Waals surface area contributed by atoms with Crippen molar-refractivity contribution >= 4 is 5.65 Å². The van der Waals surface area contributed by atoms with Crippen LogP contribution in [-0.2, 0) is 13.1 Å². The Hall–Kier alpha value is -2.47. The molecule has 3 heterocycles. The molecular weight excluding hydrogens is 242 g/mol. The van der Waals surface area contributed by atoms with Crippen LogP contribution >= 0.6 is 0 Å². The molecule has 0 radical (unpaired) electrons. The summed E-state index contributed by atoms with van der Waals surface area (Å²) in [6.45, 7) is 1.22. The van der Waals surface area contributed by atoms with Gasteiger partial charge in [-0.2, -0.15) is 0 Å². The molecule has 0 aliphatic heterocycles. The Morgan fingerprint density at radius 3 is 2.89 bits per heavy atom. The third-order valence-electron chi connectivity index (χ3n) is 2.78. The number of aromatic hydroxyl groups is 1. The van der Waals surface area contributed by atoms with Crippen molar-refractivity contribution in [2.24, 2.45) is 0 Å². The second-order valence-corrected chi connectivity index (χ2v) is 4.16. The molecule has 0 unspecified atom stereocenters. The SMILES string of the molecule is Oc1ccc(CNCc2nnc3ccccn23)nc1. The fourth-order valence-electron chi connectivity index (χ4n) is 1.84. The van der Waals surface area contributed by atoms with Crippen molar-refractivity contribution in [1.29, 1.82) is 0 Å². The fourth-order valence-corrected chi connectivity index (χ4v) is 1.84. The fraction of sp³-hybridized carbons (Fsp3) is 0.154. The normalized spacial score (nSPS) is 10.9. The van der Waals surface area contributed by atoms with Gasteiger partial charge in [0.1, 0.15) is 5.75 Å². The first kappa shape index (κ1) is 11.6. The molecule has 6 nitrogen and oxygen atoms in total. The molecule has 0 saturated carbocycles. The van der Waals surface area contributed by atoms with Gasteiger partial charge >= 0.3 is 0 Å². The molecule has 0 saturated heterocycles. The van der Waals surface area contributed by atoms with E-state index in [-0.39, 0.29) is 5.75 Å². The molecule has 19 heavy (non-hydrogen) atoms. The van der Waals surface area contributed by atoms with Gasteiger partial charge in [-0.15, -0.1) is 10.2 Å². The maximum Gasteiger partial charge on any atom is 0.160 e. The second-order valence-electron chi connectivity index (χ2n) is 4.16. The molecule has 0 fully saturated rings. The minimum Gasteiger partial charge on any atom is -0.506 e. The third-order valence-corrected chi connectivity index (χ3v) is 2.78. The van der Waals surface area contributed by atoms with Crippen molar-refractivity contribution in [3.8, 4) is 5.75 Å². The van der Waals surface area contributed by atoms with Crippen molar-refractivity contribution in [3.63, 3.8) is 0 Å². The van der Waals surface area contributed by atoms with E-state index in [1.54, 1.807) is 12.1 Å². The summed E-state index contributed by atoms with van der Waals surface area (Å²) < 4.78 is 1.94. The minimum absolute atomic E-state index is 0.173. The first-order valence-corrected chi connectivity index (χ1v) is 5.96. The van der Waals surface area contributed by atoms with Crippen molar-refractivity contribution in [3.05, 3.63) is 54.2 Å². The molecule has 3 aromatic rings. The zero-order valence-electron chi connectivity index (χ0n) is 10.2. The molecule has 2 N–H and O–H groups in total. The number of aromatic nitrogens is 4. The molecule has 0 bridgehead atoms. The summed E-state index contributed by atoms with van der Waals surface area (Å²) in [6.07, 6.45) is 3.37. The van der Waals surface area contributed by atoms with Crippen LogP contribution in [0, 0.1) is 0 Å². The van der Waals surface area contributed by atoms with Gasteiger partial charge in [-0.3, -0.25) is 9.38 Å². The van der Waals surface area contributed by atoms with Crippen LogP contribution in [-0.4, -0.2) is 24.7 Å². The first-order valence-electron chi connectivity index (χ1n) is 5.96. The molecule has 96 valence electrons. The number of rotatable bonds is 4. The monoisotopic (exact) mass is 255 g/mol. The summed E-state index contributed by atoms with van der Waals surface area (Å²) in [5.74, 6) is 1.03. The number of nitrogens with one attached hydrogen (secondary N) is 1. The predicted molar refractivity (Wildman–Crippen MR) is 69.4 cm³/mol. The molecule has 6 heteroatoms. The predicted octanol–water partition coefficient (Wildman–Crippen LogP) is 1.12. The highest BCUT2D eigenvalue weighted by Gasteiger charge is 2.03. The zero-order valence-corrected chi connectivity index (χ0v) is 10.2.